The lowest BCUT2D eigenvalue weighted by Crippen LogP contribution is -2.17. The van der Waals surface area contributed by atoms with E-state index >= 15 is 0 Å². The predicted octanol–water partition coefficient (Wildman–Crippen LogP) is 20.6. The third kappa shape index (κ3) is 8.11. The van der Waals surface area contributed by atoms with Crippen molar-refractivity contribution in [3.05, 3.63) is 275 Å². The summed E-state index contributed by atoms with van der Waals surface area (Å²) in [7, 11) is 0. The maximum absolute atomic E-state index is 11.2. The first-order valence-electron chi connectivity index (χ1n) is 26.7. The summed E-state index contributed by atoms with van der Waals surface area (Å²) in [4.78, 5) is 4.88. The molecule has 2 aliphatic carbocycles. The van der Waals surface area contributed by atoms with Crippen molar-refractivity contribution in [2.24, 2.45) is 0 Å². The molecule has 0 saturated carbocycles. The number of para-hydroxylation sites is 2. The van der Waals surface area contributed by atoms with Gasteiger partial charge in [-0.3, -0.25) is 0 Å². The van der Waals surface area contributed by atoms with E-state index in [1.165, 1.54) is 81.4 Å². The fourth-order valence-corrected chi connectivity index (χ4v) is 13.4. The first-order valence-corrected chi connectivity index (χ1v) is 27.5. The van der Waals surface area contributed by atoms with Gasteiger partial charge in [0.25, 0.3) is 0 Å². The molecule has 77 heavy (non-hydrogen) atoms. The molecule has 0 amide bonds. The number of aromatic hydroxyl groups is 1. The van der Waals surface area contributed by atoms with Crippen LogP contribution in [0.1, 0.15) is 51.4 Å². The second kappa shape index (κ2) is 19.3. The highest BCUT2D eigenvalue weighted by Crippen LogP contribution is 2.51. The highest BCUT2D eigenvalue weighted by molar-refractivity contribution is 7.25. The van der Waals surface area contributed by atoms with E-state index in [-0.39, 0.29) is 0 Å². The highest BCUT2D eigenvalue weighted by Gasteiger charge is 2.28. The Morgan fingerprint density at radius 2 is 1.05 bits per heavy atom. The lowest BCUT2D eigenvalue weighted by Gasteiger charge is -2.34. The summed E-state index contributed by atoms with van der Waals surface area (Å²) in [6.07, 6.45) is 8.09. The van der Waals surface area contributed by atoms with Crippen LogP contribution in [0.25, 0.3) is 70.3 Å². The number of anilines is 6. The maximum Gasteiger partial charge on any atom is 0.121 e. The Balaban J connectivity index is 0.993. The van der Waals surface area contributed by atoms with Crippen LogP contribution in [0.5, 0.6) is 5.75 Å². The smallest absolute Gasteiger partial charge is 0.121 e. The van der Waals surface area contributed by atoms with Gasteiger partial charge in [-0.25, -0.2) is 0 Å². The second-order valence-corrected chi connectivity index (χ2v) is 21.8. The van der Waals surface area contributed by atoms with E-state index in [4.69, 9.17) is 0 Å². The Kier molecular flexibility index (Phi) is 12.0. The number of allylic oxidation sites excluding steroid dienone is 5. The second-order valence-electron chi connectivity index (χ2n) is 20.7. The van der Waals surface area contributed by atoms with Gasteiger partial charge >= 0.3 is 0 Å². The van der Waals surface area contributed by atoms with Crippen molar-refractivity contribution in [2.75, 3.05) is 9.80 Å². The van der Waals surface area contributed by atoms with E-state index in [2.05, 4.69) is 249 Å². The van der Waals surface area contributed by atoms with Crippen LogP contribution in [-0.4, -0.2) is 5.11 Å². The van der Waals surface area contributed by atoms with Gasteiger partial charge in [-0.05, 0) is 226 Å². The zero-order valence-corrected chi connectivity index (χ0v) is 45.0. The molecular formula is C73H58N2OS. The van der Waals surface area contributed by atoms with Crippen molar-refractivity contribution in [3.8, 4) is 50.3 Å². The average Bonchev–Trinajstić information content (AvgIpc) is 4.18. The van der Waals surface area contributed by atoms with Crippen LogP contribution in [-0.2, 0) is 12.8 Å². The summed E-state index contributed by atoms with van der Waals surface area (Å²) < 4.78 is 2.53. The summed E-state index contributed by atoms with van der Waals surface area (Å²) in [6.45, 7) is 14.7. The molecule has 0 spiro atoms. The number of fused-ring (bicyclic) bond motifs is 7. The van der Waals surface area contributed by atoms with Crippen LogP contribution in [0.3, 0.4) is 0 Å². The zero-order chi connectivity index (χ0) is 52.5. The molecule has 372 valence electrons. The van der Waals surface area contributed by atoms with E-state index < -0.39 is 0 Å². The Morgan fingerprint density at radius 1 is 0.455 bits per heavy atom. The number of rotatable bonds is 11. The first-order chi connectivity index (χ1) is 37.7. The molecule has 0 radical (unpaired) electrons. The minimum atomic E-state index is 0.394. The molecular weight excluding hydrogens is 953 g/mol. The van der Waals surface area contributed by atoms with E-state index in [1.54, 1.807) is 0 Å². The molecule has 4 heteroatoms. The zero-order valence-electron chi connectivity index (χ0n) is 44.2. The summed E-state index contributed by atoms with van der Waals surface area (Å²) in [5.41, 5.74) is 27.9. The average molecular weight is 1010 g/mol. The molecule has 0 bridgehead atoms. The number of benzene rings is 10. The van der Waals surface area contributed by atoms with Crippen molar-refractivity contribution in [2.45, 2.75) is 47.5 Å². The lowest BCUT2D eigenvalue weighted by molar-refractivity contribution is 0.466. The van der Waals surface area contributed by atoms with Crippen LogP contribution in [0.4, 0.5) is 34.1 Å². The van der Waals surface area contributed by atoms with Gasteiger partial charge in [-0.15, -0.1) is 11.3 Å². The number of hydrogen-bond donors (Lipinski definition) is 1. The fourth-order valence-electron chi connectivity index (χ4n) is 12.3. The first kappa shape index (κ1) is 47.7. The highest BCUT2D eigenvalue weighted by atomic mass is 32.1. The lowest BCUT2D eigenvalue weighted by atomic mass is 9.84. The van der Waals surface area contributed by atoms with E-state index in [1.807, 2.05) is 31.3 Å². The predicted molar refractivity (Wildman–Crippen MR) is 329 cm³/mol. The van der Waals surface area contributed by atoms with Gasteiger partial charge in [0.05, 0.1) is 11.4 Å². The summed E-state index contributed by atoms with van der Waals surface area (Å²) in [5.74, 6) is 0.394. The molecule has 1 aromatic heterocycles. The molecule has 1 heterocycles. The van der Waals surface area contributed by atoms with Crippen LogP contribution < -0.4 is 9.80 Å². The van der Waals surface area contributed by atoms with Gasteiger partial charge in [0.2, 0.25) is 0 Å². The fraction of sp³-hybridized carbons (Fsp3) is 0.0959. The normalized spacial score (nSPS) is 12.6. The van der Waals surface area contributed by atoms with Crippen LogP contribution in [0.15, 0.2) is 231 Å². The Morgan fingerprint density at radius 3 is 1.77 bits per heavy atom. The molecule has 0 fully saturated rings. The SMILES string of the molecule is C=CC1=C(/C=C\C)Cc2cc(N(c3ccccc3)c3ccc(-c4ccc(-c5cc6c(c(-c7c(C)c(C)c(O)c(C)c7C)c5)Cc5ccccc5-6)cc4)cc3N(c3ccccc3)c3ccc4c(c3)sc3ccccc34)ccc21. The van der Waals surface area contributed by atoms with Crippen molar-refractivity contribution in [1.29, 1.82) is 0 Å². The topological polar surface area (TPSA) is 26.7 Å². The molecule has 0 saturated heterocycles. The molecule has 13 rings (SSSR count). The Labute approximate surface area is 456 Å². The molecule has 0 aliphatic heterocycles. The molecule has 0 atom stereocenters. The summed E-state index contributed by atoms with van der Waals surface area (Å²) in [5, 5.41) is 13.7. The standard InChI is InChI=1S/C73H58N2OS/c1-7-19-52-38-55-39-58(33-35-62(55)60(52)8-2)74(56-21-11-9-12-22-56)68-37-32-51(43-69(68)75(57-23-13-10-14-24-57)59-34-36-64-63-26-17-18-27-70(63)77-71(64)44-59)49-28-30-50(31-29-49)54-41-65-61-25-16-15-20-53(61)40-66(65)67(42-54)72-45(3)47(5)73(76)48(6)46(72)4/h7-37,39,41-44,76H,2,38,40H2,1,3-6H3/b19-7-. The third-order valence-electron chi connectivity index (χ3n) is 16.4. The minimum Gasteiger partial charge on any atom is -0.507 e. The number of thiophene rings is 1. The molecule has 3 nitrogen and oxygen atoms in total. The third-order valence-corrected chi connectivity index (χ3v) is 17.5. The maximum atomic E-state index is 11.2. The van der Waals surface area contributed by atoms with Crippen LogP contribution >= 0.6 is 11.3 Å². The molecule has 2 aliphatic rings. The molecule has 11 aromatic rings. The number of nitrogens with zero attached hydrogens (tertiary/aromatic N) is 2. The van der Waals surface area contributed by atoms with Crippen molar-refractivity contribution in [3.63, 3.8) is 0 Å². The number of phenolic OH excluding ortho intramolecular Hbond substituents is 1. The van der Waals surface area contributed by atoms with E-state index in [0.717, 1.165) is 85.9 Å². The van der Waals surface area contributed by atoms with Gasteiger partial charge in [0, 0.05) is 42.9 Å². The minimum absolute atomic E-state index is 0.394. The van der Waals surface area contributed by atoms with Crippen molar-refractivity contribution in [1.82, 2.24) is 0 Å². The van der Waals surface area contributed by atoms with Gasteiger partial charge < -0.3 is 14.9 Å². The molecule has 0 unspecified atom stereocenters. The van der Waals surface area contributed by atoms with Gasteiger partial charge in [0.1, 0.15) is 5.75 Å². The Hall–Kier alpha value is -8.96. The van der Waals surface area contributed by atoms with E-state index in [9.17, 15) is 5.11 Å². The summed E-state index contributed by atoms with van der Waals surface area (Å²) in [6, 6.07) is 74.1. The van der Waals surface area contributed by atoms with Gasteiger partial charge in [-0.1, -0.05) is 146 Å². The van der Waals surface area contributed by atoms with Crippen molar-refractivity contribution < 1.29 is 5.11 Å². The summed E-state index contributed by atoms with van der Waals surface area (Å²) >= 11 is 1.85. The molecule has 10 aromatic carbocycles. The quantitative estimate of drug-likeness (QED) is 0.140. The largest absolute Gasteiger partial charge is 0.507 e. The van der Waals surface area contributed by atoms with Crippen LogP contribution in [0, 0.1) is 27.7 Å². The van der Waals surface area contributed by atoms with Crippen LogP contribution in [0.2, 0.25) is 0 Å². The molecule has 1 N–H and O–H groups in total. The number of phenols is 1. The monoisotopic (exact) mass is 1010 g/mol. The van der Waals surface area contributed by atoms with E-state index in [0.29, 0.717) is 5.75 Å². The van der Waals surface area contributed by atoms with Gasteiger partial charge in [0.15, 0.2) is 0 Å². The number of hydrogen-bond acceptors (Lipinski definition) is 4. The van der Waals surface area contributed by atoms with Gasteiger partial charge in [-0.2, -0.15) is 0 Å². The Bertz CT molecular complexity index is 4210. The van der Waals surface area contributed by atoms with Crippen molar-refractivity contribution >= 4 is 71.2 Å².